The van der Waals surface area contributed by atoms with Gasteiger partial charge in [0.15, 0.2) is 0 Å². The number of ether oxygens (including phenoxy) is 1. The zero-order chi connectivity index (χ0) is 20.1. The summed E-state index contributed by atoms with van der Waals surface area (Å²) in [6, 6.07) is 15.6. The second-order valence-corrected chi connectivity index (χ2v) is 7.15. The lowest BCUT2D eigenvalue weighted by Gasteiger charge is -2.26. The Morgan fingerprint density at radius 2 is 1.79 bits per heavy atom. The van der Waals surface area contributed by atoms with E-state index in [1.165, 1.54) is 11.1 Å². The van der Waals surface area contributed by atoms with Crippen molar-refractivity contribution < 1.29 is 14.1 Å². The van der Waals surface area contributed by atoms with E-state index in [1.54, 1.807) is 0 Å². The van der Waals surface area contributed by atoms with Gasteiger partial charge in [-0.3, -0.25) is 9.69 Å². The number of rotatable bonds is 6. The summed E-state index contributed by atoms with van der Waals surface area (Å²) in [7, 11) is 0. The first-order chi connectivity index (χ1) is 14.2. The van der Waals surface area contributed by atoms with Crippen LogP contribution in [0, 0.1) is 6.92 Å². The molecule has 1 amide bonds. The van der Waals surface area contributed by atoms with Crippen molar-refractivity contribution in [3.05, 3.63) is 71.1 Å². The van der Waals surface area contributed by atoms with E-state index in [2.05, 4.69) is 20.4 Å². The van der Waals surface area contributed by atoms with Crippen LogP contribution in [0.5, 0.6) is 0 Å². The normalized spacial score (nSPS) is 14.7. The number of carbonyl (C=O) groups excluding carboxylic acids is 1. The first-order valence-electron chi connectivity index (χ1n) is 9.74. The highest BCUT2D eigenvalue weighted by Crippen LogP contribution is 2.16. The van der Waals surface area contributed by atoms with Crippen LogP contribution in [-0.2, 0) is 17.8 Å². The molecule has 0 bridgehead atoms. The Morgan fingerprint density at radius 3 is 2.52 bits per heavy atom. The summed E-state index contributed by atoms with van der Waals surface area (Å²) in [6.45, 7) is 6.52. The molecular weight excluding hydrogens is 368 g/mol. The van der Waals surface area contributed by atoms with Gasteiger partial charge in [0.2, 0.25) is 11.7 Å². The lowest BCUT2D eigenvalue weighted by Crippen LogP contribution is -2.35. The summed E-state index contributed by atoms with van der Waals surface area (Å²) in [6.07, 6.45) is 0. The molecule has 0 aliphatic carbocycles. The van der Waals surface area contributed by atoms with Crippen molar-refractivity contribution in [2.75, 3.05) is 26.3 Å². The minimum absolute atomic E-state index is 0.169. The Bertz CT molecular complexity index is 945. The van der Waals surface area contributed by atoms with E-state index in [1.807, 2.05) is 55.5 Å². The van der Waals surface area contributed by atoms with Crippen molar-refractivity contribution in [3.63, 3.8) is 0 Å². The number of amides is 1. The maximum Gasteiger partial charge on any atom is 0.251 e. The van der Waals surface area contributed by atoms with Gasteiger partial charge in [-0.25, -0.2) is 0 Å². The summed E-state index contributed by atoms with van der Waals surface area (Å²) in [4.78, 5) is 19.1. The average Bonchev–Trinajstić information content (AvgIpc) is 3.23. The second-order valence-electron chi connectivity index (χ2n) is 7.15. The number of aryl methyl sites for hydroxylation is 1. The number of aromatic nitrogens is 2. The maximum atomic E-state index is 12.4. The van der Waals surface area contributed by atoms with Gasteiger partial charge in [-0.15, -0.1) is 0 Å². The number of morpholine rings is 1. The molecule has 0 radical (unpaired) electrons. The van der Waals surface area contributed by atoms with E-state index >= 15 is 0 Å². The minimum Gasteiger partial charge on any atom is -0.379 e. The van der Waals surface area contributed by atoms with Gasteiger partial charge in [0.1, 0.15) is 0 Å². The Balaban J connectivity index is 1.31. The van der Waals surface area contributed by atoms with Gasteiger partial charge in [-0.05, 0) is 24.6 Å². The molecule has 1 aliphatic rings. The first-order valence-corrected chi connectivity index (χ1v) is 9.74. The molecular formula is C22H24N4O3. The number of hydrogen-bond donors (Lipinski definition) is 1. The lowest BCUT2D eigenvalue weighted by molar-refractivity contribution is 0.0342. The zero-order valence-corrected chi connectivity index (χ0v) is 16.4. The molecule has 0 unspecified atom stereocenters. The summed E-state index contributed by atoms with van der Waals surface area (Å²) in [5, 5.41) is 6.81. The monoisotopic (exact) mass is 392 g/mol. The van der Waals surface area contributed by atoms with E-state index in [4.69, 9.17) is 9.26 Å². The van der Waals surface area contributed by atoms with Gasteiger partial charge in [0, 0.05) is 30.8 Å². The van der Waals surface area contributed by atoms with Crippen LogP contribution in [0.1, 0.15) is 27.4 Å². The van der Waals surface area contributed by atoms with Gasteiger partial charge in [-0.1, -0.05) is 47.1 Å². The molecule has 29 heavy (non-hydrogen) atoms. The third-order valence-electron chi connectivity index (χ3n) is 4.90. The molecule has 1 aromatic heterocycles. The molecule has 1 N–H and O–H groups in total. The van der Waals surface area contributed by atoms with Gasteiger partial charge in [0.05, 0.1) is 19.8 Å². The van der Waals surface area contributed by atoms with Crippen LogP contribution in [0.15, 0.2) is 53.1 Å². The molecule has 0 saturated carbocycles. The van der Waals surface area contributed by atoms with E-state index in [0.29, 0.717) is 17.3 Å². The van der Waals surface area contributed by atoms with E-state index in [0.717, 1.165) is 38.4 Å². The van der Waals surface area contributed by atoms with E-state index < -0.39 is 0 Å². The van der Waals surface area contributed by atoms with Crippen molar-refractivity contribution in [1.29, 1.82) is 0 Å². The lowest BCUT2D eigenvalue weighted by atomic mass is 10.1. The fraction of sp³-hybridized carbons (Fsp3) is 0.318. The molecule has 0 atom stereocenters. The summed E-state index contributed by atoms with van der Waals surface area (Å²) in [5.74, 6) is 0.720. The second kappa shape index (κ2) is 8.98. The number of carbonyl (C=O) groups is 1. The number of benzene rings is 2. The average molecular weight is 392 g/mol. The largest absolute Gasteiger partial charge is 0.379 e. The smallest absolute Gasteiger partial charge is 0.251 e. The Labute approximate surface area is 169 Å². The number of nitrogens with one attached hydrogen (secondary N) is 1. The molecule has 7 nitrogen and oxygen atoms in total. The fourth-order valence-electron chi connectivity index (χ4n) is 3.18. The number of hydrogen-bond acceptors (Lipinski definition) is 6. The predicted molar refractivity (Wildman–Crippen MR) is 108 cm³/mol. The van der Waals surface area contributed by atoms with Gasteiger partial charge in [-0.2, -0.15) is 4.98 Å². The van der Waals surface area contributed by atoms with Gasteiger partial charge >= 0.3 is 0 Å². The highest BCUT2D eigenvalue weighted by atomic mass is 16.5. The highest BCUT2D eigenvalue weighted by Gasteiger charge is 2.13. The third-order valence-corrected chi connectivity index (χ3v) is 4.90. The molecule has 1 fully saturated rings. The summed E-state index contributed by atoms with van der Waals surface area (Å²) in [5.41, 5.74) is 3.84. The third kappa shape index (κ3) is 5.07. The SMILES string of the molecule is Cc1ccc(-c2noc(CNC(=O)c3ccc(CN4CCOCC4)cc3)n2)cc1. The first kappa shape index (κ1) is 19.3. The molecule has 2 heterocycles. The Morgan fingerprint density at radius 1 is 1.07 bits per heavy atom. The molecule has 1 saturated heterocycles. The van der Waals surface area contributed by atoms with Crippen LogP contribution in [-0.4, -0.2) is 47.3 Å². The topological polar surface area (TPSA) is 80.5 Å². The van der Waals surface area contributed by atoms with Gasteiger partial charge in [0.25, 0.3) is 5.91 Å². The van der Waals surface area contributed by atoms with E-state index in [-0.39, 0.29) is 12.5 Å². The van der Waals surface area contributed by atoms with Crippen LogP contribution in [0.2, 0.25) is 0 Å². The molecule has 4 rings (SSSR count). The highest BCUT2D eigenvalue weighted by molar-refractivity contribution is 5.94. The van der Waals surface area contributed by atoms with Crippen molar-refractivity contribution in [2.24, 2.45) is 0 Å². The van der Waals surface area contributed by atoms with Crippen LogP contribution >= 0.6 is 0 Å². The fourth-order valence-corrected chi connectivity index (χ4v) is 3.18. The van der Waals surface area contributed by atoms with Gasteiger partial charge < -0.3 is 14.6 Å². The summed E-state index contributed by atoms with van der Waals surface area (Å²) < 4.78 is 10.6. The van der Waals surface area contributed by atoms with Crippen molar-refractivity contribution in [3.8, 4) is 11.4 Å². The Kier molecular flexibility index (Phi) is 5.97. The zero-order valence-electron chi connectivity index (χ0n) is 16.4. The molecule has 3 aromatic rings. The standard InChI is InChI=1S/C22H24N4O3/c1-16-2-6-18(7-3-16)21-24-20(29-25-21)14-23-22(27)19-8-4-17(5-9-19)15-26-10-12-28-13-11-26/h2-9H,10-15H2,1H3,(H,23,27). The Hall–Kier alpha value is -3.03. The van der Waals surface area contributed by atoms with Crippen molar-refractivity contribution in [2.45, 2.75) is 20.0 Å². The summed E-state index contributed by atoms with van der Waals surface area (Å²) >= 11 is 0. The molecule has 7 heteroatoms. The van der Waals surface area contributed by atoms with E-state index in [9.17, 15) is 4.79 Å². The predicted octanol–water partition coefficient (Wildman–Crippen LogP) is 2.81. The molecule has 150 valence electrons. The number of nitrogens with zero attached hydrogens (tertiary/aromatic N) is 3. The van der Waals surface area contributed by atoms with Crippen molar-refractivity contribution in [1.82, 2.24) is 20.4 Å². The van der Waals surface area contributed by atoms with Crippen LogP contribution in [0.4, 0.5) is 0 Å². The minimum atomic E-state index is -0.169. The van der Waals surface area contributed by atoms with Crippen LogP contribution in [0.25, 0.3) is 11.4 Å². The molecule has 1 aliphatic heterocycles. The van der Waals surface area contributed by atoms with Crippen molar-refractivity contribution >= 4 is 5.91 Å². The quantitative estimate of drug-likeness (QED) is 0.695. The molecule has 2 aromatic carbocycles. The molecule has 0 spiro atoms. The maximum absolute atomic E-state index is 12.4. The van der Waals surface area contributed by atoms with Crippen LogP contribution < -0.4 is 5.32 Å². The van der Waals surface area contributed by atoms with Crippen LogP contribution in [0.3, 0.4) is 0 Å².